The summed E-state index contributed by atoms with van der Waals surface area (Å²) < 4.78 is 5.66. The average Bonchev–Trinajstić information content (AvgIpc) is 3.22. The fourth-order valence-electron chi connectivity index (χ4n) is 2.17. The predicted molar refractivity (Wildman–Crippen MR) is 95.5 cm³/mol. The molecule has 0 aliphatic rings. The number of hydrogen-bond donors (Lipinski definition) is 1. The third kappa shape index (κ3) is 3.59. The number of nitrogens with zero attached hydrogens (tertiary/aromatic N) is 3. The molecule has 0 saturated heterocycles. The first-order chi connectivity index (χ1) is 12.0. The van der Waals surface area contributed by atoms with Crippen molar-refractivity contribution >= 4 is 22.9 Å². The highest BCUT2D eigenvalue weighted by Crippen LogP contribution is 2.34. The average molecular weight is 352 g/mol. The minimum absolute atomic E-state index is 0.165. The molecule has 3 rings (SSSR count). The molecule has 0 spiro atoms. The van der Waals surface area contributed by atoms with E-state index in [4.69, 9.17) is 9.68 Å². The van der Waals surface area contributed by atoms with Crippen molar-refractivity contribution in [3.63, 3.8) is 0 Å². The maximum atomic E-state index is 12.4. The first-order valence-corrected chi connectivity index (χ1v) is 8.55. The fraction of sp³-hybridized carbons (Fsp3) is 0.222. The van der Waals surface area contributed by atoms with Gasteiger partial charge in [-0.25, -0.2) is 0 Å². The molecule has 2 heterocycles. The van der Waals surface area contributed by atoms with Crippen LogP contribution in [-0.4, -0.2) is 16.1 Å². The van der Waals surface area contributed by atoms with E-state index in [1.54, 1.807) is 24.3 Å². The molecule has 25 heavy (non-hydrogen) atoms. The monoisotopic (exact) mass is 352 g/mol. The van der Waals surface area contributed by atoms with Crippen molar-refractivity contribution in [1.82, 2.24) is 10.2 Å². The zero-order valence-electron chi connectivity index (χ0n) is 14.0. The van der Waals surface area contributed by atoms with Gasteiger partial charge in [0, 0.05) is 16.4 Å². The van der Waals surface area contributed by atoms with Crippen LogP contribution in [0.15, 0.2) is 34.7 Å². The van der Waals surface area contributed by atoms with Crippen molar-refractivity contribution in [2.75, 3.05) is 5.32 Å². The molecule has 0 radical (unpaired) electrons. The molecule has 0 unspecified atom stereocenters. The largest absolute Gasteiger partial charge is 0.420 e. The lowest BCUT2D eigenvalue weighted by atomic mass is 10.1. The number of carbonyl (C=O) groups excluding carboxylic acids is 1. The quantitative estimate of drug-likeness (QED) is 0.753. The van der Waals surface area contributed by atoms with Gasteiger partial charge in [-0.1, -0.05) is 13.8 Å². The Morgan fingerprint density at radius 2 is 2.00 bits per heavy atom. The second kappa shape index (κ2) is 6.87. The van der Waals surface area contributed by atoms with Gasteiger partial charge < -0.3 is 9.73 Å². The summed E-state index contributed by atoms with van der Waals surface area (Å²) in [6, 6.07) is 10.4. The zero-order valence-corrected chi connectivity index (χ0v) is 14.8. The fourth-order valence-corrected chi connectivity index (χ4v) is 3.07. The molecule has 3 aromatic rings. The van der Waals surface area contributed by atoms with E-state index in [0.717, 1.165) is 9.75 Å². The number of thiophene rings is 1. The van der Waals surface area contributed by atoms with Crippen molar-refractivity contribution in [2.24, 2.45) is 0 Å². The van der Waals surface area contributed by atoms with E-state index in [2.05, 4.69) is 15.5 Å². The molecule has 6 nitrogen and oxygen atoms in total. The SMILES string of the molecule is Cc1sc(-c2nnc(C(C)C)o2)cc1NC(=O)c1ccc(C#N)cc1. The number of amides is 1. The van der Waals surface area contributed by atoms with Crippen LogP contribution in [0.25, 0.3) is 10.8 Å². The van der Waals surface area contributed by atoms with Crippen LogP contribution in [-0.2, 0) is 0 Å². The van der Waals surface area contributed by atoms with Crippen LogP contribution in [0.4, 0.5) is 5.69 Å². The summed E-state index contributed by atoms with van der Waals surface area (Å²) in [6.45, 7) is 5.89. The number of rotatable bonds is 4. The molecular weight excluding hydrogens is 336 g/mol. The highest BCUT2D eigenvalue weighted by Gasteiger charge is 2.16. The lowest BCUT2D eigenvalue weighted by Crippen LogP contribution is -2.11. The molecule has 0 bridgehead atoms. The Morgan fingerprint density at radius 1 is 1.28 bits per heavy atom. The van der Waals surface area contributed by atoms with Gasteiger partial charge in [-0.2, -0.15) is 5.26 Å². The Balaban J connectivity index is 1.79. The maximum Gasteiger partial charge on any atom is 0.257 e. The van der Waals surface area contributed by atoms with Crippen LogP contribution in [0.1, 0.15) is 46.5 Å². The van der Waals surface area contributed by atoms with Gasteiger partial charge in [0.05, 0.1) is 22.2 Å². The van der Waals surface area contributed by atoms with E-state index < -0.39 is 0 Å². The first-order valence-electron chi connectivity index (χ1n) is 7.73. The number of anilines is 1. The highest BCUT2D eigenvalue weighted by molar-refractivity contribution is 7.15. The van der Waals surface area contributed by atoms with E-state index >= 15 is 0 Å². The standard InChI is InChI=1S/C18H16N4O2S/c1-10(2)17-21-22-18(24-17)15-8-14(11(3)25-15)20-16(23)13-6-4-12(9-19)5-7-13/h4-8,10H,1-3H3,(H,20,23). The maximum absolute atomic E-state index is 12.4. The summed E-state index contributed by atoms with van der Waals surface area (Å²) in [5, 5.41) is 19.8. The van der Waals surface area contributed by atoms with Crippen molar-refractivity contribution < 1.29 is 9.21 Å². The number of nitriles is 1. The number of hydrogen-bond acceptors (Lipinski definition) is 6. The van der Waals surface area contributed by atoms with Crippen LogP contribution in [0, 0.1) is 18.3 Å². The van der Waals surface area contributed by atoms with Gasteiger partial charge in [-0.3, -0.25) is 4.79 Å². The number of benzene rings is 1. The zero-order chi connectivity index (χ0) is 18.0. The van der Waals surface area contributed by atoms with Gasteiger partial charge >= 0.3 is 0 Å². The molecule has 0 aliphatic heterocycles. The van der Waals surface area contributed by atoms with Crippen LogP contribution >= 0.6 is 11.3 Å². The minimum atomic E-state index is -0.231. The molecule has 0 fully saturated rings. The summed E-state index contributed by atoms with van der Waals surface area (Å²) in [7, 11) is 0. The van der Waals surface area contributed by atoms with E-state index in [0.29, 0.717) is 28.6 Å². The predicted octanol–water partition coefficient (Wildman–Crippen LogP) is 4.35. The Morgan fingerprint density at radius 3 is 2.60 bits per heavy atom. The number of aryl methyl sites for hydroxylation is 1. The van der Waals surface area contributed by atoms with Crippen molar-refractivity contribution in [3.05, 3.63) is 52.2 Å². The van der Waals surface area contributed by atoms with Crippen LogP contribution in [0.5, 0.6) is 0 Å². The Labute approximate surface area is 149 Å². The van der Waals surface area contributed by atoms with Crippen LogP contribution in [0.2, 0.25) is 0 Å². The molecule has 2 aromatic heterocycles. The molecule has 1 amide bonds. The highest BCUT2D eigenvalue weighted by atomic mass is 32.1. The molecular formula is C18H16N4O2S. The summed E-state index contributed by atoms with van der Waals surface area (Å²) in [4.78, 5) is 14.1. The van der Waals surface area contributed by atoms with Crippen molar-refractivity contribution in [2.45, 2.75) is 26.7 Å². The normalized spacial score (nSPS) is 10.7. The van der Waals surface area contributed by atoms with E-state index in [1.165, 1.54) is 11.3 Å². The minimum Gasteiger partial charge on any atom is -0.420 e. The van der Waals surface area contributed by atoms with E-state index in [9.17, 15) is 4.79 Å². The smallest absolute Gasteiger partial charge is 0.257 e. The third-order valence-corrected chi connectivity index (χ3v) is 4.63. The van der Waals surface area contributed by atoms with Crippen LogP contribution < -0.4 is 5.32 Å². The Bertz CT molecular complexity index is 948. The molecule has 126 valence electrons. The lowest BCUT2D eigenvalue weighted by Gasteiger charge is -2.04. The summed E-state index contributed by atoms with van der Waals surface area (Å²) >= 11 is 1.48. The first kappa shape index (κ1) is 16.9. The molecule has 1 N–H and O–H groups in total. The third-order valence-electron chi connectivity index (χ3n) is 3.59. The molecule has 1 aromatic carbocycles. The van der Waals surface area contributed by atoms with Crippen molar-refractivity contribution in [1.29, 1.82) is 5.26 Å². The van der Waals surface area contributed by atoms with Gasteiger partial charge in [0.15, 0.2) is 0 Å². The van der Waals surface area contributed by atoms with Gasteiger partial charge in [-0.15, -0.1) is 21.5 Å². The number of carbonyl (C=O) groups is 1. The van der Waals surface area contributed by atoms with Gasteiger partial charge in [-0.05, 0) is 37.3 Å². The van der Waals surface area contributed by atoms with Gasteiger partial charge in [0.25, 0.3) is 11.8 Å². The second-order valence-electron chi connectivity index (χ2n) is 5.82. The molecule has 7 heteroatoms. The summed E-state index contributed by atoms with van der Waals surface area (Å²) in [5.74, 6) is 0.975. The molecule has 0 atom stereocenters. The Hall–Kier alpha value is -2.98. The number of nitrogens with one attached hydrogen (secondary N) is 1. The molecule has 0 saturated carbocycles. The number of aromatic nitrogens is 2. The van der Waals surface area contributed by atoms with Crippen LogP contribution in [0.3, 0.4) is 0 Å². The summed E-state index contributed by atoms with van der Waals surface area (Å²) in [6.07, 6.45) is 0. The topological polar surface area (TPSA) is 91.8 Å². The van der Waals surface area contributed by atoms with Crippen molar-refractivity contribution in [3.8, 4) is 16.8 Å². The lowest BCUT2D eigenvalue weighted by molar-refractivity contribution is 0.102. The van der Waals surface area contributed by atoms with E-state index in [1.807, 2.05) is 32.9 Å². The molecule has 0 aliphatic carbocycles. The second-order valence-corrected chi connectivity index (χ2v) is 7.08. The summed E-state index contributed by atoms with van der Waals surface area (Å²) in [5.41, 5.74) is 1.72. The van der Waals surface area contributed by atoms with Gasteiger partial charge in [0.2, 0.25) is 5.89 Å². The van der Waals surface area contributed by atoms with Gasteiger partial charge in [0.1, 0.15) is 0 Å². The Kier molecular flexibility index (Phi) is 4.63. The van der Waals surface area contributed by atoms with E-state index in [-0.39, 0.29) is 11.8 Å².